The SMILES string of the molecule is CCc1cccc(CNC[C@@H](OC(=O)CCCNS(=O)(=O)C(F)(F)F)[C@@H](N)Cc2cc(F)cc(F)c2)c1.O=C(O)C(F)(F)F. The molecule has 248 valence electrons. The summed E-state index contributed by atoms with van der Waals surface area (Å²) in [7, 11) is -5.51. The van der Waals surface area contributed by atoms with Gasteiger partial charge in [-0.2, -0.15) is 26.3 Å². The van der Waals surface area contributed by atoms with Crippen LogP contribution in [-0.2, 0) is 43.7 Å². The molecule has 2 aromatic carbocycles. The topological polar surface area (TPSA) is 148 Å². The Balaban J connectivity index is 0.00000123. The van der Waals surface area contributed by atoms with Crippen LogP contribution in [0.25, 0.3) is 0 Å². The number of rotatable bonds is 14. The second kappa shape index (κ2) is 17.2. The Kier molecular flexibility index (Phi) is 15.1. The van der Waals surface area contributed by atoms with Gasteiger partial charge in [-0.15, -0.1) is 0 Å². The highest BCUT2D eigenvalue weighted by molar-refractivity contribution is 7.90. The van der Waals surface area contributed by atoms with Crippen molar-refractivity contribution in [3.8, 4) is 0 Å². The van der Waals surface area contributed by atoms with E-state index in [-0.39, 0.29) is 31.4 Å². The molecule has 0 bridgehead atoms. The number of nitrogens with two attached hydrogens (primary N) is 1. The number of aryl methyl sites for hydroxylation is 1. The molecular weight excluding hydrogens is 634 g/mol. The molecule has 0 heterocycles. The van der Waals surface area contributed by atoms with Crippen LogP contribution in [0.5, 0.6) is 0 Å². The first-order valence-corrected chi connectivity index (χ1v) is 14.3. The van der Waals surface area contributed by atoms with Crippen LogP contribution < -0.4 is 15.8 Å². The van der Waals surface area contributed by atoms with Crippen molar-refractivity contribution in [3.05, 3.63) is 70.8 Å². The summed E-state index contributed by atoms with van der Waals surface area (Å²) in [5.41, 5.74) is 3.11. The van der Waals surface area contributed by atoms with Gasteiger partial charge in [-0.05, 0) is 48.1 Å². The lowest BCUT2D eigenvalue weighted by Gasteiger charge is -2.25. The van der Waals surface area contributed by atoms with Crippen LogP contribution in [0.4, 0.5) is 35.1 Å². The third-order valence-corrected chi connectivity index (χ3v) is 6.82. The van der Waals surface area contributed by atoms with E-state index in [0.29, 0.717) is 12.6 Å². The number of hydrogen-bond donors (Lipinski definition) is 4. The average molecular weight is 666 g/mol. The minimum Gasteiger partial charge on any atom is -0.475 e. The lowest BCUT2D eigenvalue weighted by atomic mass is 10.0. The van der Waals surface area contributed by atoms with Crippen molar-refractivity contribution in [1.29, 1.82) is 0 Å². The van der Waals surface area contributed by atoms with Crippen LogP contribution in [0.1, 0.15) is 36.5 Å². The number of benzene rings is 2. The Labute approximate surface area is 247 Å². The molecule has 0 saturated carbocycles. The monoisotopic (exact) mass is 665 g/mol. The highest BCUT2D eigenvalue weighted by Gasteiger charge is 2.45. The van der Waals surface area contributed by atoms with Crippen molar-refractivity contribution in [2.45, 2.75) is 63.0 Å². The van der Waals surface area contributed by atoms with Gasteiger partial charge in [0, 0.05) is 38.2 Å². The molecule has 0 aromatic heterocycles. The minimum absolute atomic E-state index is 0.0228. The maximum Gasteiger partial charge on any atom is 0.511 e. The van der Waals surface area contributed by atoms with Crippen molar-refractivity contribution >= 4 is 22.0 Å². The van der Waals surface area contributed by atoms with Crippen LogP contribution in [0, 0.1) is 11.6 Å². The Morgan fingerprint density at radius 2 is 1.55 bits per heavy atom. The smallest absolute Gasteiger partial charge is 0.475 e. The molecule has 2 aromatic rings. The maximum absolute atomic E-state index is 13.6. The van der Waals surface area contributed by atoms with Gasteiger partial charge in [0.05, 0.1) is 0 Å². The molecule has 2 rings (SSSR count). The number of alkyl halides is 6. The van der Waals surface area contributed by atoms with Crippen molar-refractivity contribution in [3.63, 3.8) is 0 Å². The number of carboxylic acid groups (broad SMARTS) is 1. The van der Waals surface area contributed by atoms with E-state index in [9.17, 15) is 48.3 Å². The number of ether oxygens (including phenoxy) is 1. The quantitative estimate of drug-likeness (QED) is 0.135. The van der Waals surface area contributed by atoms with E-state index >= 15 is 0 Å². The molecule has 5 N–H and O–H groups in total. The van der Waals surface area contributed by atoms with Gasteiger partial charge in [0.2, 0.25) is 0 Å². The van der Waals surface area contributed by atoms with Crippen LogP contribution >= 0.6 is 0 Å². The fraction of sp³-hybridized carbons (Fsp3) is 0.462. The fourth-order valence-electron chi connectivity index (χ4n) is 3.48. The number of carbonyl (C=O) groups excluding carboxylic acids is 1. The highest BCUT2D eigenvalue weighted by atomic mass is 32.2. The lowest BCUT2D eigenvalue weighted by molar-refractivity contribution is -0.192. The van der Waals surface area contributed by atoms with Crippen molar-refractivity contribution < 1.29 is 63.0 Å². The molecule has 0 aliphatic carbocycles. The summed E-state index contributed by atoms with van der Waals surface area (Å²) in [6.45, 7) is 1.90. The van der Waals surface area contributed by atoms with E-state index in [1.165, 1.54) is 4.72 Å². The first-order valence-electron chi connectivity index (χ1n) is 12.8. The summed E-state index contributed by atoms with van der Waals surface area (Å²) in [5, 5.41) is 10.3. The Morgan fingerprint density at radius 3 is 2.07 bits per heavy atom. The normalized spacial score (nSPS) is 13.4. The summed E-state index contributed by atoms with van der Waals surface area (Å²) in [6.07, 6.45) is -5.83. The second-order valence-corrected chi connectivity index (χ2v) is 11.0. The maximum atomic E-state index is 13.6. The summed E-state index contributed by atoms with van der Waals surface area (Å²) in [4.78, 5) is 21.2. The zero-order chi connectivity index (χ0) is 33.7. The van der Waals surface area contributed by atoms with Crippen molar-refractivity contribution in [2.75, 3.05) is 13.1 Å². The van der Waals surface area contributed by atoms with E-state index in [2.05, 4.69) is 5.32 Å². The number of carboxylic acids is 1. The average Bonchev–Trinajstić information content (AvgIpc) is 2.89. The predicted octanol–water partition coefficient (Wildman–Crippen LogP) is 3.95. The fourth-order valence-corrected chi connectivity index (χ4v) is 4.06. The minimum atomic E-state index is -5.51. The molecule has 0 radical (unpaired) electrons. The van der Waals surface area contributed by atoms with Gasteiger partial charge in [-0.25, -0.2) is 26.7 Å². The molecule has 44 heavy (non-hydrogen) atoms. The molecule has 0 aliphatic heterocycles. The Hall–Kier alpha value is -3.35. The lowest BCUT2D eigenvalue weighted by Crippen LogP contribution is -2.46. The number of carbonyl (C=O) groups is 2. The molecule has 0 aliphatic rings. The van der Waals surface area contributed by atoms with E-state index in [4.69, 9.17) is 20.4 Å². The van der Waals surface area contributed by atoms with Crippen molar-refractivity contribution in [2.24, 2.45) is 5.73 Å². The van der Waals surface area contributed by atoms with Crippen LogP contribution in [0.15, 0.2) is 42.5 Å². The molecule has 0 fully saturated rings. The molecule has 0 amide bonds. The number of sulfonamides is 1. The first kappa shape index (κ1) is 38.7. The van der Waals surface area contributed by atoms with E-state index in [1.807, 2.05) is 31.2 Å². The molecule has 0 spiro atoms. The Bertz CT molecular complexity index is 1320. The Morgan fingerprint density at radius 1 is 0.977 bits per heavy atom. The van der Waals surface area contributed by atoms with Gasteiger partial charge in [0.25, 0.3) is 0 Å². The summed E-state index contributed by atoms with van der Waals surface area (Å²) in [6, 6.07) is 9.86. The van der Waals surface area contributed by atoms with Gasteiger partial charge in [-0.1, -0.05) is 31.2 Å². The molecular formula is C26H31F8N3O6S. The van der Waals surface area contributed by atoms with Gasteiger partial charge in [-0.3, -0.25) is 4.79 Å². The van der Waals surface area contributed by atoms with Gasteiger partial charge in [0.15, 0.2) is 0 Å². The summed E-state index contributed by atoms with van der Waals surface area (Å²) >= 11 is 0. The van der Waals surface area contributed by atoms with E-state index in [1.54, 1.807) is 0 Å². The third kappa shape index (κ3) is 14.4. The van der Waals surface area contributed by atoms with E-state index < -0.39 is 64.0 Å². The predicted molar refractivity (Wildman–Crippen MR) is 141 cm³/mol. The van der Waals surface area contributed by atoms with Crippen molar-refractivity contribution in [1.82, 2.24) is 10.0 Å². The number of aliphatic carboxylic acids is 1. The summed E-state index contributed by atoms with van der Waals surface area (Å²) in [5.74, 6) is -5.14. The second-order valence-electron chi connectivity index (χ2n) is 9.23. The van der Waals surface area contributed by atoms with Crippen LogP contribution in [0.3, 0.4) is 0 Å². The summed E-state index contributed by atoms with van der Waals surface area (Å²) < 4.78 is 125. The standard InChI is InChI=1S/C24H30F5N3O4S.C2HF3O2/c1-2-16-5-3-6-17(9-16)14-31-15-22(21(30)12-18-10-19(25)13-20(26)11-18)36-23(33)7-4-8-32-37(34,35)24(27,28)29;3-2(4,5)1(6)7/h3,5-6,9-11,13,21-22,31-32H,2,4,7-8,12,14-15,30H2,1H3;(H,6,7)/t21-,22+;/m0./s1. The molecule has 9 nitrogen and oxygen atoms in total. The largest absolute Gasteiger partial charge is 0.511 e. The van der Waals surface area contributed by atoms with E-state index in [0.717, 1.165) is 29.7 Å². The molecule has 2 atom stereocenters. The zero-order valence-corrected chi connectivity index (χ0v) is 24.0. The number of nitrogens with one attached hydrogen (secondary N) is 2. The highest BCUT2D eigenvalue weighted by Crippen LogP contribution is 2.21. The number of hydrogen-bond acceptors (Lipinski definition) is 7. The van der Waals surface area contributed by atoms with Gasteiger partial charge in [0.1, 0.15) is 17.7 Å². The molecule has 18 heteroatoms. The van der Waals surface area contributed by atoms with Crippen LogP contribution in [-0.4, -0.2) is 62.4 Å². The number of halogens is 8. The third-order valence-electron chi connectivity index (χ3n) is 5.63. The van der Waals surface area contributed by atoms with Gasteiger partial charge < -0.3 is 20.9 Å². The first-order chi connectivity index (χ1) is 20.2. The van der Waals surface area contributed by atoms with Gasteiger partial charge >= 0.3 is 33.6 Å². The zero-order valence-electron chi connectivity index (χ0n) is 23.1. The van der Waals surface area contributed by atoms with Crippen LogP contribution in [0.2, 0.25) is 0 Å². The number of esters is 1. The molecule has 0 saturated heterocycles. The molecule has 0 unspecified atom stereocenters.